The van der Waals surface area contributed by atoms with E-state index in [0.29, 0.717) is 5.56 Å². The third kappa shape index (κ3) is 3.93. The van der Waals surface area contributed by atoms with Gasteiger partial charge in [0.1, 0.15) is 0 Å². The molecule has 42 heavy (non-hydrogen) atoms. The Hall–Kier alpha value is -5.71. The molecule has 0 radical (unpaired) electrons. The van der Waals surface area contributed by atoms with Crippen LogP contribution in [0.3, 0.4) is 0 Å². The van der Waals surface area contributed by atoms with E-state index in [2.05, 4.69) is 140 Å². The Morgan fingerprint density at radius 3 is 1.67 bits per heavy atom. The second-order valence-corrected chi connectivity index (χ2v) is 10.9. The lowest BCUT2D eigenvalue weighted by atomic mass is 9.89. The summed E-state index contributed by atoms with van der Waals surface area (Å²) >= 11 is 0. The maximum atomic E-state index is 9.42. The fourth-order valence-corrected chi connectivity index (χ4v) is 6.44. The van der Waals surface area contributed by atoms with Crippen molar-refractivity contribution >= 4 is 43.1 Å². The van der Waals surface area contributed by atoms with Crippen molar-refractivity contribution in [3.05, 3.63) is 157 Å². The lowest BCUT2D eigenvalue weighted by Crippen LogP contribution is -1.88. The molecule has 8 aromatic rings. The molecule has 1 heteroatoms. The van der Waals surface area contributed by atoms with Gasteiger partial charge in [0, 0.05) is 0 Å². The van der Waals surface area contributed by atoms with Gasteiger partial charge < -0.3 is 0 Å². The van der Waals surface area contributed by atoms with Gasteiger partial charge in [-0.05, 0) is 107 Å². The van der Waals surface area contributed by atoms with Gasteiger partial charge in [0.05, 0.1) is 11.6 Å². The highest BCUT2D eigenvalue weighted by Gasteiger charge is 2.13. The monoisotopic (exact) mass is 531 g/mol. The average Bonchev–Trinajstić information content (AvgIpc) is 3.07. The molecule has 0 N–H and O–H groups in total. The Morgan fingerprint density at radius 2 is 0.929 bits per heavy atom. The van der Waals surface area contributed by atoms with Crippen molar-refractivity contribution in [3.63, 3.8) is 0 Å². The van der Waals surface area contributed by atoms with Crippen LogP contribution in [0.4, 0.5) is 0 Å². The van der Waals surface area contributed by atoms with Crippen LogP contribution in [0.5, 0.6) is 0 Å². The molecule has 1 nitrogen and oxygen atoms in total. The molecule has 0 aromatic heterocycles. The molecule has 0 spiro atoms. The molecule has 0 aliphatic rings. The molecule has 194 valence electrons. The third-order valence-corrected chi connectivity index (χ3v) is 8.44. The van der Waals surface area contributed by atoms with Gasteiger partial charge in [-0.25, -0.2) is 0 Å². The largest absolute Gasteiger partial charge is 0.192 e. The summed E-state index contributed by atoms with van der Waals surface area (Å²) in [6, 6.07) is 56.3. The first-order valence-electron chi connectivity index (χ1n) is 14.2. The van der Waals surface area contributed by atoms with Gasteiger partial charge in [-0.1, -0.05) is 121 Å². The predicted molar refractivity (Wildman–Crippen MR) is 177 cm³/mol. The minimum absolute atomic E-state index is 0.669. The first-order valence-corrected chi connectivity index (χ1v) is 14.2. The zero-order valence-electron chi connectivity index (χ0n) is 22.9. The van der Waals surface area contributed by atoms with Crippen LogP contribution in [0.1, 0.15) is 5.56 Å². The molecule has 0 atom stereocenters. The van der Waals surface area contributed by atoms with Crippen molar-refractivity contribution in [2.45, 2.75) is 0 Å². The number of fused-ring (bicyclic) bond motifs is 6. The van der Waals surface area contributed by atoms with Crippen LogP contribution in [-0.4, -0.2) is 0 Å². The van der Waals surface area contributed by atoms with Gasteiger partial charge in [-0.15, -0.1) is 0 Å². The van der Waals surface area contributed by atoms with Crippen LogP contribution in [-0.2, 0) is 0 Å². The fraction of sp³-hybridized carbons (Fsp3) is 0. The molecule has 8 rings (SSSR count). The van der Waals surface area contributed by atoms with Crippen LogP contribution in [0.15, 0.2) is 152 Å². The zero-order valence-corrected chi connectivity index (χ0v) is 22.9. The summed E-state index contributed by atoms with van der Waals surface area (Å²) in [4.78, 5) is 0. The molecule has 0 unspecified atom stereocenters. The number of hydrogen-bond donors (Lipinski definition) is 0. The van der Waals surface area contributed by atoms with Crippen molar-refractivity contribution < 1.29 is 0 Å². The maximum Gasteiger partial charge on any atom is 0.0991 e. The van der Waals surface area contributed by atoms with E-state index in [9.17, 15) is 5.26 Å². The SMILES string of the molecule is N#Cc1cccc(-c2ccccc2-c2ccc3cc(-c4cc5ccc6ccccc6c5c5ccccc45)ccc3c2)c1. The highest BCUT2D eigenvalue weighted by atomic mass is 14.2. The molecule has 0 saturated carbocycles. The molecule has 0 aliphatic heterocycles. The van der Waals surface area contributed by atoms with Crippen LogP contribution in [0.2, 0.25) is 0 Å². The molecule has 0 saturated heterocycles. The molecule has 0 heterocycles. The Morgan fingerprint density at radius 1 is 0.357 bits per heavy atom. The normalized spacial score (nSPS) is 11.3. The van der Waals surface area contributed by atoms with E-state index in [1.54, 1.807) is 0 Å². The molecule has 8 aromatic carbocycles. The van der Waals surface area contributed by atoms with Crippen molar-refractivity contribution in [2.24, 2.45) is 0 Å². The van der Waals surface area contributed by atoms with E-state index in [1.165, 1.54) is 54.2 Å². The summed E-state index contributed by atoms with van der Waals surface area (Å²) in [5, 5.41) is 19.5. The lowest BCUT2D eigenvalue weighted by Gasteiger charge is -2.14. The number of nitriles is 1. The minimum atomic E-state index is 0.669. The van der Waals surface area contributed by atoms with Gasteiger partial charge in [0.25, 0.3) is 0 Å². The number of nitrogens with zero attached hydrogens (tertiary/aromatic N) is 1. The Labute approximate surface area is 244 Å². The van der Waals surface area contributed by atoms with Gasteiger partial charge in [0.2, 0.25) is 0 Å². The first kappa shape index (κ1) is 24.1. The van der Waals surface area contributed by atoms with Crippen LogP contribution in [0, 0.1) is 11.3 Å². The topological polar surface area (TPSA) is 23.8 Å². The molecular formula is C41H25N. The zero-order chi connectivity index (χ0) is 28.0. The summed E-state index contributed by atoms with van der Waals surface area (Å²) in [5.41, 5.74) is 7.64. The Kier molecular flexibility index (Phi) is 5.59. The average molecular weight is 532 g/mol. The third-order valence-electron chi connectivity index (χ3n) is 8.44. The standard InChI is InChI=1S/C41H25N/c42-26-27-8-7-10-31(22-27)35-11-3-4-12-36(35)32-19-17-30-24-33(20-18-29(30)23-32)40-25-34-21-16-28-9-1-2-13-37(28)41(34)39-15-6-5-14-38(39)40/h1-25H. The van der Waals surface area contributed by atoms with E-state index in [-0.39, 0.29) is 0 Å². The van der Waals surface area contributed by atoms with Crippen molar-refractivity contribution in [1.82, 2.24) is 0 Å². The molecule has 0 fully saturated rings. The van der Waals surface area contributed by atoms with Gasteiger partial charge in [-0.3, -0.25) is 0 Å². The number of hydrogen-bond acceptors (Lipinski definition) is 1. The lowest BCUT2D eigenvalue weighted by molar-refractivity contribution is 1.48. The number of rotatable bonds is 3. The predicted octanol–water partition coefficient (Wildman–Crippen LogP) is 11.2. The first-order chi connectivity index (χ1) is 20.8. The highest BCUT2D eigenvalue weighted by Crippen LogP contribution is 2.40. The van der Waals surface area contributed by atoms with Crippen LogP contribution < -0.4 is 0 Å². The maximum absolute atomic E-state index is 9.42. The van der Waals surface area contributed by atoms with E-state index < -0.39 is 0 Å². The summed E-state index contributed by atoms with van der Waals surface area (Å²) < 4.78 is 0. The second-order valence-electron chi connectivity index (χ2n) is 10.9. The minimum Gasteiger partial charge on any atom is -0.192 e. The van der Waals surface area contributed by atoms with E-state index in [1.807, 2.05) is 18.2 Å². The van der Waals surface area contributed by atoms with Crippen molar-refractivity contribution in [1.29, 1.82) is 5.26 Å². The van der Waals surface area contributed by atoms with Crippen LogP contribution >= 0.6 is 0 Å². The highest BCUT2D eigenvalue weighted by molar-refractivity contribution is 6.23. The fourth-order valence-electron chi connectivity index (χ4n) is 6.44. The Bertz CT molecular complexity index is 2370. The van der Waals surface area contributed by atoms with Crippen molar-refractivity contribution in [3.8, 4) is 39.4 Å². The molecule has 0 aliphatic carbocycles. The summed E-state index contributed by atoms with van der Waals surface area (Å²) in [6.45, 7) is 0. The van der Waals surface area contributed by atoms with Gasteiger partial charge in [-0.2, -0.15) is 5.26 Å². The Balaban J connectivity index is 1.27. The van der Waals surface area contributed by atoms with E-state index >= 15 is 0 Å². The summed E-state index contributed by atoms with van der Waals surface area (Å²) in [7, 11) is 0. The van der Waals surface area contributed by atoms with Crippen molar-refractivity contribution in [2.75, 3.05) is 0 Å². The quantitative estimate of drug-likeness (QED) is 0.208. The smallest absolute Gasteiger partial charge is 0.0991 e. The van der Waals surface area contributed by atoms with Gasteiger partial charge >= 0.3 is 0 Å². The van der Waals surface area contributed by atoms with E-state index in [4.69, 9.17) is 0 Å². The summed E-state index contributed by atoms with van der Waals surface area (Å²) in [6.07, 6.45) is 0. The second kappa shape index (κ2) is 9.73. The molecular weight excluding hydrogens is 506 g/mol. The molecule has 0 bridgehead atoms. The molecule has 0 amide bonds. The van der Waals surface area contributed by atoms with Gasteiger partial charge in [0.15, 0.2) is 0 Å². The number of benzene rings is 8. The summed E-state index contributed by atoms with van der Waals surface area (Å²) in [5.74, 6) is 0. The van der Waals surface area contributed by atoms with Crippen LogP contribution in [0.25, 0.3) is 76.5 Å². The van der Waals surface area contributed by atoms with E-state index in [0.717, 1.165) is 22.3 Å².